The van der Waals surface area contributed by atoms with Crippen molar-refractivity contribution < 1.29 is 14.6 Å². The van der Waals surface area contributed by atoms with Gasteiger partial charge in [0, 0.05) is 6.61 Å². The van der Waals surface area contributed by atoms with Crippen LogP contribution in [0.3, 0.4) is 0 Å². The van der Waals surface area contributed by atoms with Crippen LogP contribution in [0.15, 0.2) is 0 Å². The lowest BCUT2D eigenvalue weighted by Gasteiger charge is -2.16. The maximum atomic E-state index is 8.97. The Morgan fingerprint density at radius 3 is 2.54 bits per heavy atom. The van der Waals surface area contributed by atoms with E-state index < -0.39 is 6.10 Å². The second kappa shape index (κ2) is 8.94. The quantitative estimate of drug-likeness (QED) is 0.409. The van der Waals surface area contributed by atoms with Crippen LogP contribution in [-0.4, -0.2) is 36.0 Å². The number of hydrogen-bond donors (Lipinski definition) is 1. The van der Waals surface area contributed by atoms with Crippen LogP contribution in [0.1, 0.15) is 26.7 Å². The van der Waals surface area contributed by atoms with Crippen molar-refractivity contribution in [2.75, 3.05) is 18.5 Å². The van der Waals surface area contributed by atoms with E-state index in [1.165, 1.54) is 0 Å². The predicted molar refractivity (Wildman–Crippen MR) is 56.1 cm³/mol. The van der Waals surface area contributed by atoms with E-state index in [1.54, 1.807) is 6.92 Å². The minimum atomic E-state index is -0.434. The predicted octanol–water partition coefficient (Wildman–Crippen LogP) is 1.92. The Morgan fingerprint density at radius 1 is 1.38 bits per heavy atom. The van der Waals surface area contributed by atoms with Gasteiger partial charge in [-0.2, -0.15) is 0 Å². The fourth-order valence-corrected chi connectivity index (χ4v) is 1.12. The van der Waals surface area contributed by atoms with Crippen LogP contribution in [0.25, 0.3) is 0 Å². The molecule has 13 heavy (non-hydrogen) atoms. The van der Waals surface area contributed by atoms with Gasteiger partial charge < -0.3 is 14.6 Å². The first-order chi connectivity index (χ1) is 6.20. The Kier molecular flexibility index (Phi) is 9.18. The van der Waals surface area contributed by atoms with E-state index in [9.17, 15) is 0 Å². The van der Waals surface area contributed by atoms with Gasteiger partial charge in [-0.25, -0.2) is 0 Å². The monoisotopic (exact) mass is 254 g/mol. The molecule has 0 saturated carbocycles. The average Bonchev–Trinajstić information content (AvgIpc) is 2.10. The van der Waals surface area contributed by atoms with Crippen LogP contribution in [-0.2, 0) is 9.47 Å². The summed E-state index contributed by atoms with van der Waals surface area (Å²) in [4.78, 5) is 0. The van der Waals surface area contributed by atoms with Crippen molar-refractivity contribution in [2.45, 2.75) is 39.1 Å². The van der Waals surface area contributed by atoms with Gasteiger partial charge in [0.05, 0.1) is 18.0 Å². The van der Waals surface area contributed by atoms with E-state index >= 15 is 0 Å². The van der Waals surface area contributed by atoms with Gasteiger partial charge in [0.25, 0.3) is 0 Å². The van der Waals surface area contributed by atoms with Gasteiger partial charge in [-0.05, 0) is 13.3 Å². The van der Waals surface area contributed by atoms with E-state index in [-0.39, 0.29) is 6.29 Å². The number of aliphatic hydroxyl groups excluding tert-OH is 1. The highest BCUT2D eigenvalue weighted by Gasteiger charge is 2.08. The molecule has 0 saturated heterocycles. The molecule has 0 aliphatic carbocycles. The SMILES string of the molecule is CCCCOC(CBr)OCC(C)O. The zero-order valence-corrected chi connectivity index (χ0v) is 9.92. The number of ether oxygens (including phenoxy) is 2. The van der Waals surface area contributed by atoms with Crippen molar-refractivity contribution in [1.82, 2.24) is 0 Å². The largest absolute Gasteiger partial charge is 0.391 e. The molecular formula is C9H19BrO3. The highest BCUT2D eigenvalue weighted by Crippen LogP contribution is 2.02. The maximum Gasteiger partial charge on any atom is 0.167 e. The molecule has 0 amide bonds. The zero-order valence-electron chi connectivity index (χ0n) is 8.33. The molecule has 0 aromatic heterocycles. The van der Waals surface area contributed by atoms with Gasteiger partial charge in [-0.3, -0.25) is 0 Å². The van der Waals surface area contributed by atoms with Crippen molar-refractivity contribution in [1.29, 1.82) is 0 Å². The molecule has 80 valence electrons. The molecule has 0 aromatic rings. The van der Waals surface area contributed by atoms with Gasteiger partial charge in [0.1, 0.15) is 0 Å². The Balaban J connectivity index is 3.39. The molecule has 0 spiro atoms. The highest BCUT2D eigenvalue weighted by molar-refractivity contribution is 9.09. The van der Waals surface area contributed by atoms with Crippen molar-refractivity contribution in [3.05, 3.63) is 0 Å². The first-order valence-electron chi connectivity index (χ1n) is 4.68. The molecule has 2 unspecified atom stereocenters. The third-order valence-electron chi connectivity index (χ3n) is 1.45. The standard InChI is InChI=1S/C9H19BrO3/c1-3-4-5-12-9(6-10)13-7-8(2)11/h8-9,11H,3-7H2,1-2H3. The van der Waals surface area contributed by atoms with Crippen LogP contribution in [0.2, 0.25) is 0 Å². The zero-order chi connectivity index (χ0) is 10.1. The molecule has 0 aliphatic heterocycles. The Bertz CT molecular complexity index is 109. The summed E-state index contributed by atoms with van der Waals surface area (Å²) in [6.45, 7) is 4.84. The summed E-state index contributed by atoms with van der Waals surface area (Å²) < 4.78 is 10.7. The summed E-state index contributed by atoms with van der Waals surface area (Å²) in [6.07, 6.45) is 1.49. The molecule has 0 aromatic carbocycles. The van der Waals surface area contributed by atoms with Gasteiger partial charge in [0.15, 0.2) is 6.29 Å². The highest BCUT2D eigenvalue weighted by atomic mass is 79.9. The average molecular weight is 255 g/mol. The smallest absolute Gasteiger partial charge is 0.167 e. The molecule has 0 bridgehead atoms. The number of unbranched alkanes of at least 4 members (excludes halogenated alkanes) is 1. The van der Waals surface area contributed by atoms with Gasteiger partial charge >= 0.3 is 0 Å². The third-order valence-corrected chi connectivity index (χ3v) is 1.98. The lowest BCUT2D eigenvalue weighted by Crippen LogP contribution is -2.24. The van der Waals surface area contributed by atoms with E-state index in [1.807, 2.05) is 0 Å². The minimum absolute atomic E-state index is 0.235. The van der Waals surface area contributed by atoms with Crippen LogP contribution < -0.4 is 0 Å². The number of aliphatic hydroxyl groups is 1. The molecule has 0 heterocycles. The minimum Gasteiger partial charge on any atom is -0.391 e. The Hall–Kier alpha value is 0.360. The Labute approximate surface area is 88.5 Å². The van der Waals surface area contributed by atoms with Crippen LogP contribution in [0.4, 0.5) is 0 Å². The molecule has 4 heteroatoms. The summed E-state index contributed by atoms with van der Waals surface area (Å²) in [7, 11) is 0. The van der Waals surface area contributed by atoms with E-state index in [2.05, 4.69) is 22.9 Å². The first-order valence-corrected chi connectivity index (χ1v) is 5.80. The van der Waals surface area contributed by atoms with Gasteiger partial charge in [0.2, 0.25) is 0 Å². The lowest BCUT2D eigenvalue weighted by molar-refractivity contribution is -0.141. The summed E-state index contributed by atoms with van der Waals surface area (Å²) in [5, 5.41) is 9.61. The normalized spacial score (nSPS) is 15.7. The maximum absolute atomic E-state index is 8.97. The summed E-state index contributed by atoms with van der Waals surface area (Å²) in [6, 6.07) is 0. The van der Waals surface area contributed by atoms with Gasteiger partial charge in [-0.15, -0.1) is 0 Å². The molecule has 0 rings (SSSR count). The van der Waals surface area contributed by atoms with E-state index in [0.29, 0.717) is 18.5 Å². The van der Waals surface area contributed by atoms with Crippen LogP contribution >= 0.6 is 15.9 Å². The molecule has 3 nitrogen and oxygen atoms in total. The van der Waals surface area contributed by atoms with Crippen molar-refractivity contribution in [3.8, 4) is 0 Å². The molecule has 2 atom stereocenters. The van der Waals surface area contributed by atoms with Crippen molar-refractivity contribution in [3.63, 3.8) is 0 Å². The second-order valence-electron chi connectivity index (χ2n) is 2.99. The van der Waals surface area contributed by atoms with Crippen LogP contribution in [0, 0.1) is 0 Å². The fourth-order valence-electron chi connectivity index (χ4n) is 0.743. The fraction of sp³-hybridized carbons (Fsp3) is 1.00. The number of alkyl halides is 1. The summed E-state index contributed by atoms with van der Waals surface area (Å²) in [5.41, 5.74) is 0. The summed E-state index contributed by atoms with van der Waals surface area (Å²) >= 11 is 3.29. The van der Waals surface area contributed by atoms with Crippen molar-refractivity contribution in [2.24, 2.45) is 0 Å². The lowest BCUT2D eigenvalue weighted by atomic mass is 10.4. The van der Waals surface area contributed by atoms with Crippen molar-refractivity contribution >= 4 is 15.9 Å². The second-order valence-corrected chi connectivity index (χ2v) is 3.64. The third kappa shape index (κ3) is 8.68. The Morgan fingerprint density at radius 2 is 2.08 bits per heavy atom. The number of rotatable bonds is 8. The molecule has 0 aliphatic rings. The molecule has 1 N–H and O–H groups in total. The number of hydrogen-bond acceptors (Lipinski definition) is 3. The molecular weight excluding hydrogens is 236 g/mol. The molecule has 0 radical (unpaired) electrons. The van der Waals surface area contributed by atoms with E-state index in [0.717, 1.165) is 12.8 Å². The van der Waals surface area contributed by atoms with E-state index in [4.69, 9.17) is 14.6 Å². The van der Waals surface area contributed by atoms with Crippen LogP contribution in [0.5, 0.6) is 0 Å². The first kappa shape index (κ1) is 13.4. The topological polar surface area (TPSA) is 38.7 Å². The summed E-state index contributed by atoms with van der Waals surface area (Å²) in [5.74, 6) is 0. The number of halogens is 1. The van der Waals surface area contributed by atoms with Gasteiger partial charge in [-0.1, -0.05) is 29.3 Å². The molecule has 0 fully saturated rings.